The fourth-order valence-corrected chi connectivity index (χ4v) is 4.52. The summed E-state index contributed by atoms with van der Waals surface area (Å²) in [6.45, 7) is 8.48. The molecule has 0 saturated heterocycles. The highest BCUT2D eigenvalue weighted by atomic mass is 32.1. The van der Waals surface area contributed by atoms with Gasteiger partial charge in [-0.2, -0.15) is 0 Å². The second-order valence-corrected chi connectivity index (χ2v) is 8.44. The molecule has 156 valence electrons. The molecule has 0 unspecified atom stereocenters. The van der Waals surface area contributed by atoms with Crippen LogP contribution in [0.25, 0.3) is 21.2 Å². The van der Waals surface area contributed by atoms with Crippen LogP contribution < -0.4 is 10.3 Å². The van der Waals surface area contributed by atoms with Crippen molar-refractivity contribution in [3.63, 3.8) is 0 Å². The highest BCUT2D eigenvalue weighted by Gasteiger charge is 2.14. The van der Waals surface area contributed by atoms with Gasteiger partial charge < -0.3 is 9.30 Å². The van der Waals surface area contributed by atoms with E-state index in [0.29, 0.717) is 6.61 Å². The van der Waals surface area contributed by atoms with Gasteiger partial charge in [-0.15, -0.1) is 11.3 Å². The van der Waals surface area contributed by atoms with Crippen molar-refractivity contribution in [2.75, 3.05) is 6.61 Å². The van der Waals surface area contributed by atoms with E-state index in [-0.39, 0.29) is 5.56 Å². The second-order valence-electron chi connectivity index (χ2n) is 7.31. The van der Waals surface area contributed by atoms with Crippen molar-refractivity contribution in [1.29, 1.82) is 0 Å². The van der Waals surface area contributed by atoms with E-state index in [1.807, 2.05) is 62.7 Å². The molecule has 0 aliphatic carbocycles. The van der Waals surface area contributed by atoms with E-state index in [0.717, 1.165) is 51.8 Å². The quantitative estimate of drug-likeness (QED) is 0.362. The number of nitrogens with zero attached hydrogens (tertiary/aromatic N) is 1. The summed E-state index contributed by atoms with van der Waals surface area (Å²) >= 11 is 1.73. The van der Waals surface area contributed by atoms with Crippen molar-refractivity contribution in [3.8, 4) is 16.9 Å². The first-order chi connectivity index (χ1) is 14.6. The number of rotatable bonds is 9. The van der Waals surface area contributed by atoms with Crippen LogP contribution in [0.2, 0.25) is 0 Å². The predicted molar refractivity (Wildman–Crippen MR) is 130 cm³/mol. The molecular formula is C26H29NO2S. The molecule has 0 bridgehead atoms. The zero-order chi connectivity index (χ0) is 21.5. The first kappa shape index (κ1) is 21.8. The minimum absolute atomic E-state index is 0.0601. The molecule has 0 fully saturated rings. The molecular weight excluding hydrogens is 390 g/mol. The number of hydrogen-bond donors (Lipinski definition) is 0. The van der Waals surface area contributed by atoms with E-state index in [4.69, 9.17) is 4.74 Å². The SMILES string of the molecule is C=C/C(=C\C=C/C)COc1cccc(-c2cn(C)c(=O)c3cc(CCCC)sc23)c1. The Morgan fingerprint density at radius 3 is 2.87 bits per heavy atom. The molecule has 0 radical (unpaired) electrons. The summed E-state index contributed by atoms with van der Waals surface area (Å²) in [4.78, 5) is 14.0. The summed E-state index contributed by atoms with van der Waals surface area (Å²) in [5, 5.41) is 0.806. The topological polar surface area (TPSA) is 31.2 Å². The lowest BCUT2D eigenvalue weighted by atomic mass is 10.1. The molecule has 2 heterocycles. The second kappa shape index (κ2) is 10.3. The molecule has 2 aromatic heterocycles. The number of pyridine rings is 1. The molecule has 3 rings (SSSR count). The fraction of sp³-hybridized carbons (Fsp3) is 0.269. The average molecular weight is 420 g/mol. The third-order valence-electron chi connectivity index (χ3n) is 4.99. The van der Waals surface area contributed by atoms with Gasteiger partial charge >= 0.3 is 0 Å². The van der Waals surface area contributed by atoms with Gasteiger partial charge in [-0.1, -0.05) is 56.4 Å². The highest BCUT2D eigenvalue weighted by Crippen LogP contribution is 2.35. The maximum Gasteiger partial charge on any atom is 0.259 e. The zero-order valence-corrected chi connectivity index (χ0v) is 18.8. The van der Waals surface area contributed by atoms with Gasteiger partial charge in [-0.3, -0.25) is 4.79 Å². The molecule has 0 spiro atoms. The summed E-state index contributed by atoms with van der Waals surface area (Å²) in [6, 6.07) is 10.1. The van der Waals surface area contributed by atoms with Crippen LogP contribution in [-0.4, -0.2) is 11.2 Å². The lowest BCUT2D eigenvalue weighted by Crippen LogP contribution is -2.15. The maximum absolute atomic E-state index is 12.7. The number of ether oxygens (including phenoxy) is 1. The standard InChI is InChI=1S/C26H29NO2S/c1-5-8-11-19(7-3)18-29-21-13-10-12-20(15-21)24-17-27(4)26(28)23-16-22(14-9-6-2)30-25(23)24/h5,7-8,10-13,15-17H,3,6,9,14,18H2,1-2,4H3/b8-5-,19-11+. The van der Waals surface area contributed by atoms with E-state index in [1.165, 1.54) is 4.88 Å². The number of hydrogen-bond acceptors (Lipinski definition) is 3. The monoisotopic (exact) mass is 419 g/mol. The third kappa shape index (κ3) is 5.00. The first-order valence-electron chi connectivity index (χ1n) is 10.4. The van der Waals surface area contributed by atoms with Crippen molar-refractivity contribution in [2.45, 2.75) is 33.1 Å². The smallest absolute Gasteiger partial charge is 0.259 e. The van der Waals surface area contributed by atoms with Crippen LogP contribution in [0.1, 0.15) is 31.6 Å². The lowest BCUT2D eigenvalue weighted by Gasteiger charge is -2.10. The van der Waals surface area contributed by atoms with Gasteiger partial charge in [0.15, 0.2) is 0 Å². The number of allylic oxidation sites excluding steroid dienone is 3. The van der Waals surface area contributed by atoms with Gasteiger partial charge in [0.25, 0.3) is 5.56 Å². The molecule has 4 heteroatoms. The molecule has 0 N–H and O–H groups in total. The highest BCUT2D eigenvalue weighted by molar-refractivity contribution is 7.19. The zero-order valence-electron chi connectivity index (χ0n) is 18.0. The molecule has 3 nitrogen and oxygen atoms in total. The Balaban J connectivity index is 1.96. The Morgan fingerprint density at radius 2 is 2.13 bits per heavy atom. The number of fused-ring (bicyclic) bond motifs is 1. The molecule has 0 aliphatic rings. The van der Waals surface area contributed by atoms with Gasteiger partial charge in [0.1, 0.15) is 12.4 Å². The van der Waals surface area contributed by atoms with Crippen molar-refractivity contribution < 1.29 is 4.74 Å². The number of benzene rings is 1. The summed E-state index contributed by atoms with van der Waals surface area (Å²) in [5.41, 5.74) is 3.19. The molecule has 1 aromatic carbocycles. The predicted octanol–water partition coefficient (Wildman–Crippen LogP) is 6.68. The van der Waals surface area contributed by atoms with Crippen LogP contribution in [-0.2, 0) is 13.5 Å². The van der Waals surface area contributed by atoms with E-state index < -0.39 is 0 Å². The number of aryl methyl sites for hydroxylation is 2. The third-order valence-corrected chi connectivity index (χ3v) is 6.22. The summed E-state index contributed by atoms with van der Waals surface area (Å²) in [6.07, 6.45) is 13.0. The van der Waals surface area contributed by atoms with Gasteiger partial charge in [-0.05, 0) is 49.1 Å². The molecule has 0 amide bonds. The lowest BCUT2D eigenvalue weighted by molar-refractivity contribution is 0.356. The fourth-order valence-electron chi connectivity index (χ4n) is 3.30. The van der Waals surface area contributed by atoms with E-state index in [2.05, 4.69) is 25.6 Å². The molecule has 0 saturated carbocycles. The van der Waals surface area contributed by atoms with Crippen molar-refractivity contribution in [1.82, 2.24) is 4.57 Å². The summed E-state index contributed by atoms with van der Waals surface area (Å²) in [7, 11) is 1.82. The largest absolute Gasteiger partial charge is 0.489 e. The Hall–Kier alpha value is -2.85. The van der Waals surface area contributed by atoms with Crippen molar-refractivity contribution in [3.05, 3.63) is 88.2 Å². The Morgan fingerprint density at radius 1 is 1.30 bits per heavy atom. The van der Waals surface area contributed by atoms with Gasteiger partial charge in [0.2, 0.25) is 0 Å². The van der Waals surface area contributed by atoms with Crippen LogP contribution in [0.4, 0.5) is 0 Å². The van der Waals surface area contributed by atoms with Gasteiger partial charge in [-0.25, -0.2) is 0 Å². The number of aromatic nitrogens is 1. The Kier molecular flexibility index (Phi) is 7.47. The van der Waals surface area contributed by atoms with Crippen LogP contribution in [0.3, 0.4) is 0 Å². The van der Waals surface area contributed by atoms with E-state index >= 15 is 0 Å². The van der Waals surface area contributed by atoms with Crippen LogP contribution >= 0.6 is 11.3 Å². The van der Waals surface area contributed by atoms with Crippen LogP contribution in [0.15, 0.2) is 77.8 Å². The van der Waals surface area contributed by atoms with E-state index in [9.17, 15) is 4.79 Å². The number of thiophene rings is 1. The van der Waals surface area contributed by atoms with Crippen LogP contribution in [0, 0.1) is 0 Å². The minimum Gasteiger partial charge on any atom is -0.489 e. The Bertz CT molecular complexity index is 1150. The van der Waals surface area contributed by atoms with Crippen molar-refractivity contribution in [2.24, 2.45) is 7.05 Å². The minimum atomic E-state index is 0.0601. The average Bonchev–Trinajstić information content (AvgIpc) is 3.19. The normalized spacial score (nSPS) is 12.0. The molecule has 0 aliphatic heterocycles. The first-order valence-corrected chi connectivity index (χ1v) is 11.2. The van der Waals surface area contributed by atoms with Crippen LogP contribution in [0.5, 0.6) is 5.75 Å². The van der Waals surface area contributed by atoms with Gasteiger partial charge in [0, 0.05) is 28.4 Å². The molecule has 3 aromatic rings. The molecule has 30 heavy (non-hydrogen) atoms. The molecule has 0 atom stereocenters. The summed E-state index contributed by atoms with van der Waals surface area (Å²) in [5.74, 6) is 0.797. The number of unbranched alkanes of at least 4 members (excludes halogenated alkanes) is 1. The van der Waals surface area contributed by atoms with Crippen molar-refractivity contribution >= 4 is 21.4 Å². The Labute approximate surface area is 182 Å². The van der Waals surface area contributed by atoms with E-state index in [1.54, 1.807) is 15.9 Å². The maximum atomic E-state index is 12.7. The van der Waals surface area contributed by atoms with Gasteiger partial charge in [0.05, 0.1) is 5.39 Å². The summed E-state index contributed by atoms with van der Waals surface area (Å²) < 4.78 is 8.74.